The van der Waals surface area contributed by atoms with Gasteiger partial charge in [0.15, 0.2) is 0 Å². The molecule has 2 N–H and O–H groups in total. The first-order chi connectivity index (χ1) is 13.1. The van der Waals surface area contributed by atoms with Crippen molar-refractivity contribution in [3.05, 3.63) is 95.1 Å². The molecule has 0 bridgehead atoms. The fourth-order valence-electron chi connectivity index (χ4n) is 2.58. The molecule has 0 aliphatic carbocycles. The van der Waals surface area contributed by atoms with Gasteiger partial charge in [0.25, 0.3) is 11.8 Å². The summed E-state index contributed by atoms with van der Waals surface area (Å²) in [5.74, 6) is -0.590. The second kappa shape index (κ2) is 8.71. The molecule has 0 unspecified atom stereocenters. The monoisotopic (exact) mass is 360 g/mol. The first-order valence-corrected chi connectivity index (χ1v) is 8.59. The van der Waals surface area contributed by atoms with Gasteiger partial charge in [-0.2, -0.15) is 0 Å². The molecule has 0 atom stereocenters. The minimum Gasteiger partial charge on any atom is -0.348 e. The molecule has 27 heavy (non-hydrogen) atoms. The van der Waals surface area contributed by atoms with E-state index in [0.717, 1.165) is 16.7 Å². The number of hydrogen-bond acceptors (Lipinski definition) is 4. The Morgan fingerprint density at radius 2 is 1.67 bits per heavy atom. The normalized spacial score (nSPS) is 10.3. The average molecular weight is 360 g/mol. The molecule has 0 spiro atoms. The molecule has 0 radical (unpaired) electrons. The van der Waals surface area contributed by atoms with Crippen molar-refractivity contribution in [2.45, 2.75) is 20.0 Å². The number of pyridine rings is 2. The zero-order valence-corrected chi connectivity index (χ0v) is 15.0. The van der Waals surface area contributed by atoms with Crippen molar-refractivity contribution < 1.29 is 9.59 Å². The molecular weight excluding hydrogens is 340 g/mol. The standard InChI is InChI=1S/C21H20N4O2/c1-15-4-2-5-16(10-15)13-24-20(26)18-7-9-23-19(11-18)21(27)25-14-17-6-3-8-22-12-17/h2-12H,13-14H2,1H3,(H,24,26)(H,25,27). The summed E-state index contributed by atoms with van der Waals surface area (Å²) in [4.78, 5) is 32.7. The predicted molar refractivity (Wildman–Crippen MR) is 102 cm³/mol. The molecule has 0 saturated heterocycles. The molecule has 0 aliphatic rings. The Morgan fingerprint density at radius 1 is 0.889 bits per heavy atom. The lowest BCUT2D eigenvalue weighted by Crippen LogP contribution is -2.26. The number of benzene rings is 1. The van der Waals surface area contributed by atoms with Crippen LogP contribution in [0, 0.1) is 6.92 Å². The number of carbonyl (C=O) groups is 2. The SMILES string of the molecule is Cc1cccc(CNC(=O)c2ccnc(C(=O)NCc3cccnc3)c2)c1. The van der Waals surface area contributed by atoms with Gasteiger partial charge in [-0.3, -0.25) is 19.6 Å². The number of carbonyl (C=O) groups excluding carboxylic acids is 2. The first kappa shape index (κ1) is 18.3. The van der Waals surface area contributed by atoms with E-state index in [1.54, 1.807) is 24.5 Å². The Bertz CT molecular complexity index is 942. The molecule has 2 heterocycles. The van der Waals surface area contributed by atoms with Crippen LogP contribution in [0.1, 0.15) is 37.5 Å². The second-order valence-corrected chi connectivity index (χ2v) is 6.15. The largest absolute Gasteiger partial charge is 0.348 e. The zero-order chi connectivity index (χ0) is 19.1. The van der Waals surface area contributed by atoms with Gasteiger partial charge in [0.2, 0.25) is 0 Å². The topological polar surface area (TPSA) is 84.0 Å². The van der Waals surface area contributed by atoms with Crippen molar-refractivity contribution in [2.24, 2.45) is 0 Å². The van der Waals surface area contributed by atoms with Gasteiger partial charge >= 0.3 is 0 Å². The molecule has 136 valence electrons. The summed E-state index contributed by atoms with van der Waals surface area (Å²) in [5, 5.41) is 5.63. The maximum atomic E-state index is 12.4. The van der Waals surface area contributed by atoms with E-state index >= 15 is 0 Å². The van der Waals surface area contributed by atoms with E-state index in [9.17, 15) is 9.59 Å². The van der Waals surface area contributed by atoms with Crippen LogP contribution in [0.3, 0.4) is 0 Å². The van der Waals surface area contributed by atoms with Gasteiger partial charge in [-0.1, -0.05) is 35.9 Å². The maximum Gasteiger partial charge on any atom is 0.270 e. The summed E-state index contributed by atoms with van der Waals surface area (Å²) < 4.78 is 0. The summed E-state index contributed by atoms with van der Waals surface area (Å²) in [6, 6.07) is 14.7. The highest BCUT2D eigenvalue weighted by atomic mass is 16.2. The third-order valence-corrected chi connectivity index (χ3v) is 3.97. The fraction of sp³-hybridized carbons (Fsp3) is 0.143. The number of nitrogens with one attached hydrogen (secondary N) is 2. The van der Waals surface area contributed by atoms with Gasteiger partial charge in [0.1, 0.15) is 5.69 Å². The van der Waals surface area contributed by atoms with E-state index in [1.165, 1.54) is 12.3 Å². The van der Waals surface area contributed by atoms with Gasteiger partial charge in [0.05, 0.1) is 0 Å². The van der Waals surface area contributed by atoms with Crippen LogP contribution in [0.25, 0.3) is 0 Å². The molecule has 0 fully saturated rings. The average Bonchev–Trinajstić information content (AvgIpc) is 2.71. The van der Waals surface area contributed by atoms with Crippen molar-refractivity contribution in [1.29, 1.82) is 0 Å². The lowest BCUT2D eigenvalue weighted by Gasteiger charge is -2.08. The highest BCUT2D eigenvalue weighted by Crippen LogP contribution is 2.06. The van der Waals surface area contributed by atoms with Crippen LogP contribution in [0.15, 0.2) is 67.1 Å². The van der Waals surface area contributed by atoms with Gasteiger partial charge in [0, 0.05) is 37.2 Å². The summed E-state index contributed by atoms with van der Waals surface area (Å²) in [7, 11) is 0. The second-order valence-electron chi connectivity index (χ2n) is 6.15. The fourth-order valence-corrected chi connectivity index (χ4v) is 2.58. The van der Waals surface area contributed by atoms with Crippen LogP contribution in [-0.2, 0) is 13.1 Å². The minimum absolute atomic E-state index is 0.196. The van der Waals surface area contributed by atoms with Crippen LogP contribution in [-0.4, -0.2) is 21.8 Å². The van der Waals surface area contributed by atoms with Crippen LogP contribution in [0.5, 0.6) is 0 Å². The highest BCUT2D eigenvalue weighted by Gasteiger charge is 2.12. The third-order valence-electron chi connectivity index (χ3n) is 3.97. The Kier molecular flexibility index (Phi) is 5.89. The van der Waals surface area contributed by atoms with E-state index in [4.69, 9.17) is 0 Å². The minimum atomic E-state index is -0.341. The number of aryl methyl sites for hydroxylation is 1. The molecule has 2 aromatic heterocycles. The van der Waals surface area contributed by atoms with Crippen LogP contribution in [0.4, 0.5) is 0 Å². The van der Waals surface area contributed by atoms with Gasteiger partial charge in [-0.05, 0) is 36.2 Å². The lowest BCUT2D eigenvalue weighted by atomic mass is 10.1. The third kappa shape index (κ3) is 5.22. The van der Waals surface area contributed by atoms with E-state index < -0.39 is 0 Å². The Hall–Kier alpha value is -3.54. The number of hydrogen-bond donors (Lipinski definition) is 2. The molecule has 0 saturated carbocycles. The highest BCUT2D eigenvalue weighted by molar-refractivity contribution is 5.98. The van der Waals surface area contributed by atoms with E-state index in [0.29, 0.717) is 18.7 Å². The van der Waals surface area contributed by atoms with Crippen molar-refractivity contribution in [3.8, 4) is 0 Å². The smallest absolute Gasteiger partial charge is 0.270 e. The van der Waals surface area contributed by atoms with Gasteiger partial charge in [-0.15, -0.1) is 0 Å². The molecule has 3 rings (SSSR count). The molecule has 6 nitrogen and oxygen atoms in total. The summed E-state index contributed by atoms with van der Waals surface area (Å²) in [5.41, 5.74) is 3.63. The lowest BCUT2D eigenvalue weighted by molar-refractivity contribution is 0.0946. The number of nitrogens with zero attached hydrogens (tertiary/aromatic N) is 2. The van der Waals surface area contributed by atoms with Gasteiger partial charge in [-0.25, -0.2) is 0 Å². The van der Waals surface area contributed by atoms with Crippen LogP contribution < -0.4 is 10.6 Å². The zero-order valence-electron chi connectivity index (χ0n) is 15.0. The van der Waals surface area contributed by atoms with E-state index in [-0.39, 0.29) is 17.5 Å². The molecule has 1 aromatic carbocycles. The van der Waals surface area contributed by atoms with Crippen molar-refractivity contribution in [3.63, 3.8) is 0 Å². The molecule has 3 aromatic rings. The Balaban J connectivity index is 1.60. The van der Waals surface area contributed by atoms with Crippen LogP contribution in [0.2, 0.25) is 0 Å². The summed E-state index contributed by atoms with van der Waals surface area (Å²) in [6.07, 6.45) is 4.81. The maximum absolute atomic E-state index is 12.4. The molecular formula is C21H20N4O2. The van der Waals surface area contributed by atoms with Crippen molar-refractivity contribution in [1.82, 2.24) is 20.6 Å². The van der Waals surface area contributed by atoms with Gasteiger partial charge < -0.3 is 10.6 Å². The number of aromatic nitrogens is 2. The van der Waals surface area contributed by atoms with Crippen LogP contribution >= 0.6 is 0 Å². The molecule has 0 aliphatic heterocycles. The van der Waals surface area contributed by atoms with Crippen molar-refractivity contribution >= 4 is 11.8 Å². The van der Waals surface area contributed by atoms with Crippen molar-refractivity contribution in [2.75, 3.05) is 0 Å². The quantitative estimate of drug-likeness (QED) is 0.708. The number of rotatable bonds is 6. The number of amides is 2. The summed E-state index contributed by atoms with van der Waals surface area (Å²) >= 11 is 0. The molecule has 6 heteroatoms. The summed E-state index contributed by atoms with van der Waals surface area (Å²) in [6.45, 7) is 2.77. The Labute approximate surface area is 157 Å². The Morgan fingerprint density at radius 3 is 2.44 bits per heavy atom. The first-order valence-electron chi connectivity index (χ1n) is 8.59. The predicted octanol–water partition coefficient (Wildman–Crippen LogP) is 2.65. The van der Waals surface area contributed by atoms with E-state index in [1.807, 2.05) is 37.3 Å². The molecule has 2 amide bonds. The van der Waals surface area contributed by atoms with E-state index in [2.05, 4.69) is 20.6 Å².